The lowest BCUT2D eigenvalue weighted by Crippen LogP contribution is -2.43. The maximum absolute atomic E-state index is 13.9. The quantitative estimate of drug-likeness (QED) is 0.759. The molecule has 0 aromatic heterocycles. The van der Waals surface area contributed by atoms with Crippen molar-refractivity contribution in [3.8, 4) is 0 Å². The highest BCUT2D eigenvalue weighted by molar-refractivity contribution is 7.90. The number of benzene rings is 2. The van der Waals surface area contributed by atoms with Crippen LogP contribution in [0.5, 0.6) is 0 Å². The fourth-order valence-electron chi connectivity index (χ4n) is 3.60. The third kappa shape index (κ3) is 5.46. The summed E-state index contributed by atoms with van der Waals surface area (Å²) in [6.07, 6.45) is 2.00. The van der Waals surface area contributed by atoms with Crippen LogP contribution in [-0.4, -0.2) is 44.5 Å². The normalized spacial score (nSPS) is 16.1. The van der Waals surface area contributed by atoms with Crippen LogP contribution in [0.3, 0.4) is 0 Å². The van der Waals surface area contributed by atoms with Crippen molar-refractivity contribution < 1.29 is 26.8 Å². The lowest BCUT2D eigenvalue weighted by Gasteiger charge is -2.32. The Hall–Kier alpha value is -2.81. The zero-order valence-electron chi connectivity index (χ0n) is 17.3. The van der Waals surface area contributed by atoms with E-state index >= 15 is 0 Å². The molecule has 166 valence electrons. The number of nitrogens with zero attached hydrogens (tertiary/aromatic N) is 1. The molecule has 0 saturated carbocycles. The average molecular weight is 451 g/mol. The minimum Gasteiger partial charge on any atom is -0.349 e. The predicted octanol–water partition coefficient (Wildman–Crippen LogP) is 3.10. The van der Waals surface area contributed by atoms with E-state index in [0.717, 1.165) is 24.0 Å². The first-order valence-electron chi connectivity index (χ1n) is 9.91. The van der Waals surface area contributed by atoms with E-state index in [1.165, 1.54) is 17.0 Å². The van der Waals surface area contributed by atoms with Crippen LogP contribution in [-0.2, 0) is 14.6 Å². The molecule has 0 aliphatic carbocycles. The van der Waals surface area contributed by atoms with Crippen LogP contribution in [0.1, 0.15) is 41.7 Å². The van der Waals surface area contributed by atoms with Gasteiger partial charge >= 0.3 is 0 Å². The standard InChI is InChI=1S/C22H24F2N2O4S/c1-14(15-3-6-18(7-4-15)31(2,29)30)25-21(27)16-9-11-26(12-10-16)22(28)19-8-5-17(23)13-20(19)24/h3-8,13-14,16H,9-12H2,1-2H3,(H,25,27). The van der Waals surface area contributed by atoms with Crippen molar-refractivity contribution >= 4 is 21.7 Å². The van der Waals surface area contributed by atoms with Gasteiger partial charge in [-0.05, 0) is 49.6 Å². The summed E-state index contributed by atoms with van der Waals surface area (Å²) in [5, 5.41) is 2.92. The zero-order valence-corrected chi connectivity index (χ0v) is 18.1. The van der Waals surface area contributed by atoms with Gasteiger partial charge in [-0.15, -0.1) is 0 Å². The van der Waals surface area contributed by atoms with Crippen molar-refractivity contribution in [2.24, 2.45) is 5.92 Å². The van der Waals surface area contributed by atoms with E-state index in [0.29, 0.717) is 32.0 Å². The van der Waals surface area contributed by atoms with E-state index in [-0.39, 0.29) is 28.3 Å². The molecule has 1 unspecified atom stereocenters. The van der Waals surface area contributed by atoms with Crippen LogP contribution in [0.15, 0.2) is 47.4 Å². The van der Waals surface area contributed by atoms with Crippen molar-refractivity contribution in [1.29, 1.82) is 0 Å². The van der Waals surface area contributed by atoms with E-state index in [1.54, 1.807) is 12.1 Å². The van der Waals surface area contributed by atoms with Crippen molar-refractivity contribution in [2.75, 3.05) is 19.3 Å². The molecule has 9 heteroatoms. The molecule has 2 aromatic rings. The number of sulfone groups is 1. The Morgan fingerprint density at radius 2 is 1.68 bits per heavy atom. The largest absolute Gasteiger partial charge is 0.349 e. The summed E-state index contributed by atoms with van der Waals surface area (Å²) >= 11 is 0. The lowest BCUT2D eigenvalue weighted by molar-refractivity contribution is -0.127. The van der Waals surface area contributed by atoms with Gasteiger partial charge in [0.25, 0.3) is 5.91 Å². The van der Waals surface area contributed by atoms with Crippen molar-refractivity contribution in [3.63, 3.8) is 0 Å². The fourth-order valence-corrected chi connectivity index (χ4v) is 4.23. The second kappa shape index (κ2) is 9.13. The van der Waals surface area contributed by atoms with Crippen LogP contribution in [0, 0.1) is 17.6 Å². The Morgan fingerprint density at radius 3 is 2.23 bits per heavy atom. The Morgan fingerprint density at radius 1 is 1.06 bits per heavy atom. The highest BCUT2D eigenvalue weighted by Crippen LogP contribution is 2.23. The molecule has 1 N–H and O–H groups in total. The Bertz CT molecular complexity index is 1080. The Kier molecular flexibility index (Phi) is 6.74. The Balaban J connectivity index is 1.55. The molecule has 1 atom stereocenters. The molecular weight excluding hydrogens is 426 g/mol. The number of halogens is 2. The summed E-state index contributed by atoms with van der Waals surface area (Å²) in [4.78, 5) is 26.8. The third-order valence-electron chi connectivity index (χ3n) is 5.48. The maximum atomic E-state index is 13.9. The van der Waals surface area contributed by atoms with E-state index in [9.17, 15) is 26.8 Å². The molecule has 3 rings (SSSR count). The maximum Gasteiger partial charge on any atom is 0.256 e. The number of hydrogen-bond donors (Lipinski definition) is 1. The summed E-state index contributed by atoms with van der Waals surface area (Å²) in [5.74, 6) is -2.61. The summed E-state index contributed by atoms with van der Waals surface area (Å²) in [5.41, 5.74) is 0.593. The average Bonchev–Trinajstić information content (AvgIpc) is 2.73. The van der Waals surface area contributed by atoms with Gasteiger partial charge < -0.3 is 10.2 Å². The molecule has 1 fully saturated rings. The second-order valence-electron chi connectivity index (χ2n) is 7.76. The highest BCUT2D eigenvalue weighted by atomic mass is 32.2. The topological polar surface area (TPSA) is 83.6 Å². The summed E-state index contributed by atoms with van der Waals surface area (Å²) in [6, 6.07) is 8.88. The monoisotopic (exact) mass is 450 g/mol. The number of carbonyl (C=O) groups excluding carboxylic acids is 2. The smallest absolute Gasteiger partial charge is 0.256 e. The van der Waals surface area contributed by atoms with Gasteiger partial charge in [-0.1, -0.05) is 12.1 Å². The number of carbonyl (C=O) groups is 2. The molecular formula is C22H24F2N2O4S. The molecule has 1 aliphatic heterocycles. The van der Waals surface area contributed by atoms with Crippen LogP contribution in [0.2, 0.25) is 0 Å². The van der Waals surface area contributed by atoms with E-state index in [2.05, 4.69) is 5.32 Å². The summed E-state index contributed by atoms with van der Waals surface area (Å²) in [7, 11) is -3.28. The van der Waals surface area contributed by atoms with Gasteiger partial charge in [0.2, 0.25) is 5.91 Å². The van der Waals surface area contributed by atoms with Crippen LogP contribution >= 0.6 is 0 Å². The number of piperidine rings is 1. The first-order valence-corrected chi connectivity index (χ1v) is 11.8. The molecule has 0 spiro atoms. The molecule has 6 nitrogen and oxygen atoms in total. The molecule has 31 heavy (non-hydrogen) atoms. The van der Waals surface area contributed by atoms with Gasteiger partial charge in [0.1, 0.15) is 11.6 Å². The highest BCUT2D eigenvalue weighted by Gasteiger charge is 2.29. The van der Waals surface area contributed by atoms with Gasteiger partial charge in [0.05, 0.1) is 16.5 Å². The third-order valence-corrected chi connectivity index (χ3v) is 6.61. The van der Waals surface area contributed by atoms with Gasteiger partial charge in [-0.2, -0.15) is 0 Å². The molecule has 0 bridgehead atoms. The fraction of sp³-hybridized carbons (Fsp3) is 0.364. The SMILES string of the molecule is CC(NC(=O)C1CCN(C(=O)c2ccc(F)cc2F)CC1)c1ccc(S(C)(=O)=O)cc1. The van der Waals surface area contributed by atoms with Crippen LogP contribution in [0.25, 0.3) is 0 Å². The number of hydrogen-bond acceptors (Lipinski definition) is 4. The summed E-state index contributed by atoms with van der Waals surface area (Å²) in [6.45, 7) is 2.40. The lowest BCUT2D eigenvalue weighted by atomic mass is 9.94. The molecule has 0 radical (unpaired) electrons. The van der Waals surface area contributed by atoms with Gasteiger partial charge in [0, 0.05) is 31.3 Å². The van der Waals surface area contributed by atoms with Crippen molar-refractivity contribution in [2.45, 2.75) is 30.7 Å². The van der Waals surface area contributed by atoms with E-state index in [4.69, 9.17) is 0 Å². The minimum absolute atomic E-state index is 0.153. The number of rotatable bonds is 5. The zero-order chi connectivity index (χ0) is 22.8. The van der Waals surface area contributed by atoms with E-state index < -0.39 is 27.4 Å². The number of nitrogens with one attached hydrogen (secondary N) is 1. The second-order valence-corrected chi connectivity index (χ2v) is 9.78. The first-order chi connectivity index (χ1) is 14.6. The minimum atomic E-state index is -3.28. The number of amides is 2. The van der Waals surface area contributed by atoms with Crippen molar-refractivity contribution in [3.05, 3.63) is 65.2 Å². The van der Waals surface area contributed by atoms with Gasteiger partial charge in [-0.3, -0.25) is 9.59 Å². The van der Waals surface area contributed by atoms with E-state index in [1.807, 2.05) is 6.92 Å². The summed E-state index contributed by atoms with van der Waals surface area (Å²) < 4.78 is 50.0. The molecule has 1 heterocycles. The van der Waals surface area contributed by atoms with Gasteiger partial charge in [-0.25, -0.2) is 17.2 Å². The molecule has 1 saturated heterocycles. The molecule has 2 aromatic carbocycles. The van der Waals surface area contributed by atoms with Crippen LogP contribution < -0.4 is 5.32 Å². The molecule has 2 amide bonds. The Labute approximate surface area is 180 Å². The first kappa shape index (κ1) is 22.9. The molecule has 1 aliphatic rings. The van der Waals surface area contributed by atoms with Crippen LogP contribution in [0.4, 0.5) is 8.78 Å². The van der Waals surface area contributed by atoms with Crippen molar-refractivity contribution in [1.82, 2.24) is 10.2 Å². The van der Waals surface area contributed by atoms with Gasteiger partial charge in [0.15, 0.2) is 9.84 Å². The predicted molar refractivity (Wildman–Crippen MR) is 111 cm³/mol. The number of likely N-dealkylation sites (tertiary alicyclic amines) is 1.